The quantitative estimate of drug-likeness (QED) is 0.235. The van der Waals surface area contributed by atoms with Crippen molar-refractivity contribution in [3.8, 4) is 0 Å². The molecule has 0 radical (unpaired) electrons. The number of nitrogens with zero attached hydrogens (tertiary/aromatic N) is 3. The van der Waals surface area contributed by atoms with Crippen molar-refractivity contribution in [3.05, 3.63) is 143 Å². The molecule has 2 heterocycles. The molecule has 2 aliphatic rings. The van der Waals surface area contributed by atoms with Crippen LogP contribution in [0.1, 0.15) is 45.0 Å². The summed E-state index contributed by atoms with van der Waals surface area (Å²) in [5, 5.41) is 0. The molecule has 2 aliphatic heterocycles. The van der Waals surface area contributed by atoms with Gasteiger partial charge in [0.1, 0.15) is 0 Å². The lowest BCUT2D eigenvalue weighted by molar-refractivity contribution is 0.0759. The number of carbonyl (C=O) groups is 1. The Labute approximate surface area is 244 Å². The van der Waals surface area contributed by atoms with Crippen LogP contribution in [0.15, 0.2) is 115 Å². The van der Waals surface area contributed by atoms with Crippen LogP contribution in [0, 0.1) is 0 Å². The predicted molar refractivity (Wildman–Crippen MR) is 170 cm³/mol. The molecule has 1 fully saturated rings. The zero-order valence-electron chi connectivity index (χ0n) is 23.7. The van der Waals surface area contributed by atoms with Crippen molar-refractivity contribution >= 4 is 17.7 Å². The molecule has 0 saturated carbocycles. The summed E-state index contributed by atoms with van der Waals surface area (Å²) in [6, 6.07) is 38.6. The van der Waals surface area contributed by atoms with E-state index in [1.807, 2.05) is 23.1 Å². The van der Waals surface area contributed by atoms with Crippen molar-refractivity contribution < 1.29 is 4.79 Å². The maximum atomic E-state index is 13.4. The highest BCUT2D eigenvalue weighted by molar-refractivity contribution is 5.98. The van der Waals surface area contributed by atoms with Crippen LogP contribution in [-0.4, -0.2) is 61.5 Å². The predicted octanol–water partition coefficient (Wildman–Crippen LogP) is 6.74. The van der Waals surface area contributed by atoms with Crippen LogP contribution in [0.4, 0.5) is 5.69 Å². The van der Waals surface area contributed by atoms with Crippen LogP contribution in [0.2, 0.25) is 0 Å². The first-order valence-corrected chi connectivity index (χ1v) is 15.0. The van der Waals surface area contributed by atoms with Gasteiger partial charge in [-0.15, -0.1) is 0 Å². The summed E-state index contributed by atoms with van der Waals surface area (Å²) < 4.78 is 0. The molecular weight excluding hydrogens is 502 g/mol. The van der Waals surface area contributed by atoms with Gasteiger partial charge in [-0.3, -0.25) is 9.69 Å². The Balaban J connectivity index is 1.05. The summed E-state index contributed by atoms with van der Waals surface area (Å²) in [7, 11) is 0. The van der Waals surface area contributed by atoms with Crippen LogP contribution in [0.5, 0.6) is 0 Å². The van der Waals surface area contributed by atoms with Gasteiger partial charge in [-0.1, -0.05) is 109 Å². The molecule has 4 aromatic carbocycles. The van der Waals surface area contributed by atoms with Gasteiger partial charge in [0.05, 0.1) is 0 Å². The Morgan fingerprint density at radius 3 is 2.00 bits per heavy atom. The minimum atomic E-state index is 0.150. The molecule has 0 atom stereocenters. The number of hydrogen-bond acceptors (Lipinski definition) is 3. The zero-order valence-corrected chi connectivity index (χ0v) is 23.7. The van der Waals surface area contributed by atoms with Gasteiger partial charge < -0.3 is 9.80 Å². The molecule has 0 spiro atoms. The highest BCUT2D eigenvalue weighted by Crippen LogP contribution is 2.29. The number of piperazine rings is 1. The molecule has 0 unspecified atom stereocenters. The lowest BCUT2D eigenvalue weighted by atomic mass is 9.88. The molecule has 6 rings (SSSR count). The maximum Gasteiger partial charge on any atom is 0.254 e. The molecule has 41 heavy (non-hydrogen) atoms. The fraction of sp³-hybridized carbons (Fsp3) is 0.270. The third-order valence-corrected chi connectivity index (χ3v) is 8.57. The summed E-state index contributed by atoms with van der Waals surface area (Å²) in [6.07, 6.45) is 6.22. The average molecular weight is 542 g/mol. The van der Waals surface area contributed by atoms with Gasteiger partial charge in [0.2, 0.25) is 0 Å². The summed E-state index contributed by atoms with van der Waals surface area (Å²) in [6.45, 7) is 6.54. The third kappa shape index (κ3) is 6.61. The van der Waals surface area contributed by atoms with Crippen LogP contribution in [-0.2, 0) is 6.42 Å². The first-order valence-electron chi connectivity index (χ1n) is 15.0. The molecule has 1 saturated heterocycles. The maximum absolute atomic E-state index is 13.4. The van der Waals surface area contributed by atoms with E-state index in [1.54, 1.807) is 0 Å². The van der Waals surface area contributed by atoms with E-state index in [1.165, 1.54) is 22.4 Å². The largest absolute Gasteiger partial charge is 0.369 e. The van der Waals surface area contributed by atoms with E-state index in [2.05, 4.69) is 113 Å². The van der Waals surface area contributed by atoms with Crippen LogP contribution >= 0.6 is 0 Å². The molecule has 4 nitrogen and oxygen atoms in total. The Kier molecular flexibility index (Phi) is 8.58. The van der Waals surface area contributed by atoms with E-state index >= 15 is 0 Å². The molecule has 0 aliphatic carbocycles. The Morgan fingerprint density at radius 2 is 1.34 bits per heavy atom. The van der Waals surface area contributed by atoms with E-state index in [-0.39, 0.29) is 5.91 Å². The molecular formula is C37H39N3O. The molecule has 4 aromatic rings. The van der Waals surface area contributed by atoms with Crippen LogP contribution in [0.3, 0.4) is 0 Å². The van der Waals surface area contributed by atoms with Gasteiger partial charge in [-0.2, -0.15) is 0 Å². The average Bonchev–Trinajstić information content (AvgIpc) is 3.04. The summed E-state index contributed by atoms with van der Waals surface area (Å²) in [4.78, 5) is 20.4. The number of fused-ring (bicyclic) bond motifs is 1. The van der Waals surface area contributed by atoms with Crippen molar-refractivity contribution in [2.75, 3.05) is 50.7 Å². The molecule has 0 N–H and O–H groups in total. The monoisotopic (exact) mass is 541 g/mol. The molecule has 208 valence electrons. The van der Waals surface area contributed by atoms with Crippen molar-refractivity contribution in [1.29, 1.82) is 0 Å². The van der Waals surface area contributed by atoms with E-state index in [4.69, 9.17) is 0 Å². The van der Waals surface area contributed by atoms with Crippen molar-refractivity contribution in [2.45, 2.75) is 18.8 Å². The number of carbonyl (C=O) groups excluding carboxylic acids is 1. The Bertz CT molecular complexity index is 1400. The Morgan fingerprint density at radius 1 is 0.707 bits per heavy atom. The smallest absolute Gasteiger partial charge is 0.254 e. The van der Waals surface area contributed by atoms with Gasteiger partial charge in [0, 0.05) is 56.4 Å². The molecule has 0 bridgehead atoms. The highest BCUT2D eigenvalue weighted by atomic mass is 16.2. The van der Waals surface area contributed by atoms with Crippen molar-refractivity contribution in [2.24, 2.45) is 0 Å². The SMILES string of the molecule is O=C1c2cc(N3CCN(CCC(c4ccccc4)c4ccccc4)CC3)ccc2CCN1C/C=C/c1ccccc1. The fourth-order valence-electron chi connectivity index (χ4n) is 6.20. The third-order valence-electron chi connectivity index (χ3n) is 8.57. The van der Waals surface area contributed by atoms with Gasteiger partial charge in [0.25, 0.3) is 5.91 Å². The topological polar surface area (TPSA) is 26.8 Å². The zero-order chi connectivity index (χ0) is 27.9. The van der Waals surface area contributed by atoms with Crippen molar-refractivity contribution in [3.63, 3.8) is 0 Å². The second-order valence-corrected chi connectivity index (χ2v) is 11.1. The number of anilines is 1. The van der Waals surface area contributed by atoms with Crippen LogP contribution in [0.25, 0.3) is 6.08 Å². The number of rotatable bonds is 9. The second-order valence-electron chi connectivity index (χ2n) is 11.1. The fourth-order valence-corrected chi connectivity index (χ4v) is 6.20. The second kappa shape index (κ2) is 13.0. The number of amides is 1. The first kappa shape index (κ1) is 27.0. The van der Waals surface area contributed by atoms with E-state index in [9.17, 15) is 4.79 Å². The number of hydrogen-bond donors (Lipinski definition) is 0. The summed E-state index contributed by atoms with van der Waals surface area (Å²) >= 11 is 0. The molecule has 0 aromatic heterocycles. The minimum Gasteiger partial charge on any atom is -0.369 e. The normalized spacial score (nSPS) is 16.0. The van der Waals surface area contributed by atoms with Gasteiger partial charge >= 0.3 is 0 Å². The van der Waals surface area contributed by atoms with Gasteiger partial charge in [0.15, 0.2) is 0 Å². The van der Waals surface area contributed by atoms with Crippen LogP contribution < -0.4 is 4.90 Å². The van der Waals surface area contributed by atoms with Crippen molar-refractivity contribution in [1.82, 2.24) is 9.80 Å². The highest BCUT2D eigenvalue weighted by Gasteiger charge is 2.26. The van der Waals surface area contributed by atoms with E-state index in [0.29, 0.717) is 12.5 Å². The molecule has 4 heteroatoms. The first-order chi connectivity index (χ1) is 20.2. The van der Waals surface area contributed by atoms with E-state index < -0.39 is 0 Å². The summed E-state index contributed by atoms with van der Waals surface area (Å²) in [5.74, 6) is 0.560. The Hall–Kier alpha value is -4.15. The lowest BCUT2D eigenvalue weighted by Gasteiger charge is -2.37. The van der Waals surface area contributed by atoms with Gasteiger partial charge in [-0.05, 0) is 53.8 Å². The van der Waals surface area contributed by atoms with E-state index in [0.717, 1.165) is 63.2 Å². The lowest BCUT2D eigenvalue weighted by Crippen LogP contribution is -2.47. The number of benzene rings is 4. The molecule has 1 amide bonds. The minimum absolute atomic E-state index is 0.150. The van der Waals surface area contributed by atoms with Gasteiger partial charge in [-0.25, -0.2) is 0 Å². The summed E-state index contributed by atoms with van der Waals surface area (Å²) in [5.41, 5.74) is 7.16. The standard InChI is InChI=1S/C37H39N3O/c41-37-36-29-34(19-18-33(36)20-24-40(37)22-10-13-30-11-4-1-5-12-30)39-27-25-38(26-28-39)23-21-35(31-14-6-2-7-15-31)32-16-8-3-9-17-32/h1-19,29,35H,20-28H2/b13-10+.